The highest BCUT2D eigenvalue weighted by Crippen LogP contribution is 2.24. The van der Waals surface area contributed by atoms with Gasteiger partial charge in [-0.3, -0.25) is 14.4 Å². The molecular formula is C25H35N3O7. The molecule has 0 bridgehead atoms. The number of likely N-dealkylation sites (N-methyl/N-ethyl adjacent to an activating group) is 1. The number of benzene rings is 1. The van der Waals surface area contributed by atoms with Gasteiger partial charge in [-0.05, 0) is 51.6 Å². The fourth-order valence-electron chi connectivity index (χ4n) is 4.09. The Morgan fingerprint density at radius 3 is 2.23 bits per heavy atom. The third-order valence-corrected chi connectivity index (χ3v) is 5.86. The van der Waals surface area contributed by atoms with Gasteiger partial charge < -0.3 is 28.9 Å². The van der Waals surface area contributed by atoms with Crippen LogP contribution >= 0.6 is 0 Å². The molecule has 2 atom stereocenters. The number of nitrogens with zero attached hydrogens (tertiary/aromatic N) is 3. The Balaban J connectivity index is 1.72. The average Bonchev–Trinajstić information content (AvgIpc) is 2.81. The van der Waals surface area contributed by atoms with Crippen LogP contribution in [0.5, 0.6) is 0 Å². The number of piperazine rings is 1. The topological polar surface area (TPSA) is 106 Å². The van der Waals surface area contributed by atoms with Gasteiger partial charge in [-0.2, -0.15) is 0 Å². The number of morpholine rings is 1. The highest BCUT2D eigenvalue weighted by Gasteiger charge is 2.44. The molecule has 2 aliphatic heterocycles. The number of rotatable bonds is 6. The molecule has 0 radical (unpaired) electrons. The molecule has 1 aromatic carbocycles. The van der Waals surface area contributed by atoms with Crippen LogP contribution in [0.2, 0.25) is 0 Å². The van der Waals surface area contributed by atoms with Crippen molar-refractivity contribution in [2.75, 3.05) is 50.8 Å². The van der Waals surface area contributed by atoms with E-state index < -0.39 is 35.7 Å². The standard InChI is InChI=1S/C25H35N3O7/c1-6-26-11-13-27(14-12-26)22(30)18-7-9-19(10-8-18)28-15-16-33-20(23(28)31)21(34-17(2)29)24(32)35-25(3,4)5/h7-10,20-21H,6,11-16H2,1-5H3/t20-,21-/m1/s1. The minimum absolute atomic E-state index is 0.0432. The first-order valence-corrected chi connectivity index (χ1v) is 11.9. The van der Waals surface area contributed by atoms with Gasteiger partial charge in [-0.15, -0.1) is 0 Å². The largest absolute Gasteiger partial charge is 0.457 e. The zero-order valence-electron chi connectivity index (χ0n) is 21.1. The number of carbonyl (C=O) groups is 4. The maximum Gasteiger partial charge on any atom is 0.351 e. The molecule has 0 N–H and O–H groups in total. The zero-order valence-corrected chi connectivity index (χ0v) is 21.1. The molecule has 0 unspecified atom stereocenters. The van der Waals surface area contributed by atoms with Gasteiger partial charge in [0.25, 0.3) is 11.8 Å². The minimum Gasteiger partial charge on any atom is -0.457 e. The van der Waals surface area contributed by atoms with Gasteiger partial charge in [0.1, 0.15) is 5.60 Å². The predicted molar refractivity (Wildman–Crippen MR) is 128 cm³/mol. The van der Waals surface area contributed by atoms with Crippen LogP contribution in [0.3, 0.4) is 0 Å². The number of esters is 2. The summed E-state index contributed by atoms with van der Waals surface area (Å²) in [6.07, 6.45) is -2.86. The molecule has 0 aromatic heterocycles. The summed E-state index contributed by atoms with van der Waals surface area (Å²) in [5, 5.41) is 0. The van der Waals surface area contributed by atoms with Crippen LogP contribution < -0.4 is 4.90 Å². The molecule has 0 aliphatic carbocycles. The fourth-order valence-corrected chi connectivity index (χ4v) is 4.09. The second-order valence-corrected chi connectivity index (χ2v) is 9.62. The normalized spacial score (nSPS) is 20.4. The summed E-state index contributed by atoms with van der Waals surface area (Å²) in [6, 6.07) is 6.78. The first-order chi connectivity index (χ1) is 16.5. The van der Waals surface area contributed by atoms with E-state index in [2.05, 4.69) is 11.8 Å². The van der Waals surface area contributed by atoms with E-state index in [4.69, 9.17) is 14.2 Å². The Labute approximate surface area is 206 Å². The van der Waals surface area contributed by atoms with Gasteiger partial charge in [0, 0.05) is 50.9 Å². The molecular weight excluding hydrogens is 454 g/mol. The molecule has 2 heterocycles. The van der Waals surface area contributed by atoms with Gasteiger partial charge in [-0.25, -0.2) is 4.79 Å². The first kappa shape index (κ1) is 26.6. The van der Waals surface area contributed by atoms with Crippen molar-refractivity contribution in [1.82, 2.24) is 9.80 Å². The van der Waals surface area contributed by atoms with Gasteiger partial charge in [0.2, 0.25) is 6.10 Å². The molecule has 10 nitrogen and oxygen atoms in total. The van der Waals surface area contributed by atoms with E-state index in [0.717, 1.165) is 26.6 Å². The summed E-state index contributed by atoms with van der Waals surface area (Å²) < 4.78 is 16.1. The molecule has 10 heteroatoms. The lowest BCUT2D eigenvalue weighted by Gasteiger charge is -2.36. The number of amides is 2. The smallest absolute Gasteiger partial charge is 0.351 e. The second kappa shape index (κ2) is 11.2. The molecule has 35 heavy (non-hydrogen) atoms. The van der Waals surface area contributed by atoms with E-state index in [1.165, 1.54) is 4.90 Å². The van der Waals surface area contributed by atoms with Crippen LogP contribution in [0.25, 0.3) is 0 Å². The number of ether oxygens (including phenoxy) is 3. The van der Waals surface area contributed by atoms with Crippen molar-refractivity contribution in [3.63, 3.8) is 0 Å². The highest BCUT2D eigenvalue weighted by atomic mass is 16.6. The van der Waals surface area contributed by atoms with Crippen molar-refractivity contribution in [1.29, 1.82) is 0 Å². The van der Waals surface area contributed by atoms with Crippen LogP contribution in [0.1, 0.15) is 45.0 Å². The van der Waals surface area contributed by atoms with Crippen LogP contribution in [0, 0.1) is 0 Å². The number of hydrogen-bond donors (Lipinski definition) is 0. The molecule has 0 saturated carbocycles. The minimum atomic E-state index is -1.52. The highest BCUT2D eigenvalue weighted by molar-refractivity contribution is 6.01. The van der Waals surface area contributed by atoms with E-state index in [0.29, 0.717) is 24.3 Å². The number of anilines is 1. The molecule has 3 rings (SSSR count). The van der Waals surface area contributed by atoms with Crippen molar-refractivity contribution in [2.24, 2.45) is 0 Å². The SMILES string of the molecule is CCN1CCN(C(=O)c2ccc(N3CCO[C@H]([C@@H](OC(C)=O)C(=O)OC(C)(C)C)C3=O)cc2)CC1. The summed E-state index contributed by atoms with van der Waals surface area (Å²) in [6.45, 7) is 12.7. The molecule has 2 aliphatic rings. The number of hydrogen-bond acceptors (Lipinski definition) is 8. The van der Waals surface area contributed by atoms with Crippen molar-refractivity contribution >= 4 is 29.4 Å². The van der Waals surface area contributed by atoms with Gasteiger partial charge in [0.15, 0.2) is 6.10 Å². The zero-order chi connectivity index (χ0) is 25.8. The summed E-state index contributed by atoms with van der Waals surface area (Å²) >= 11 is 0. The summed E-state index contributed by atoms with van der Waals surface area (Å²) in [4.78, 5) is 56.1. The maximum absolute atomic E-state index is 13.3. The maximum atomic E-state index is 13.3. The van der Waals surface area contributed by atoms with E-state index in [-0.39, 0.29) is 19.1 Å². The average molecular weight is 490 g/mol. The predicted octanol–water partition coefficient (Wildman–Crippen LogP) is 1.47. The fraction of sp³-hybridized carbons (Fsp3) is 0.600. The molecule has 192 valence electrons. The molecule has 2 saturated heterocycles. The van der Waals surface area contributed by atoms with Crippen LogP contribution in [-0.2, 0) is 28.6 Å². The second-order valence-electron chi connectivity index (χ2n) is 9.62. The number of carbonyl (C=O) groups excluding carboxylic acids is 4. The van der Waals surface area contributed by atoms with Crippen LogP contribution in [-0.4, -0.2) is 97.2 Å². The quantitative estimate of drug-likeness (QED) is 0.553. The Morgan fingerprint density at radius 2 is 1.69 bits per heavy atom. The summed E-state index contributed by atoms with van der Waals surface area (Å²) in [5.41, 5.74) is 0.266. The molecule has 2 fully saturated rings. The van der Waals surface area contributed by atoms with Gasteiger partial charge in [-0.1, -0.05) is 6.92 Å². The molecule has 2 amide bonds. The molecule has 1 aromatic rings. The van der Waals surface area contributed by atoms with Crippen molar-refractivity contribution in [3.05, 3.63) is 29.8 Å². The first-order valence-electron chi connectivity index (χ1n) is 11.9. The van der Waals surface area contributed by atoms with E-state index in [9.17, 15) is 19.2 Å². The van der Waals surface area contributed by atoms with E-state index in [1.54, 1.807) is 45.0 Å². The summed E-state index contributed by atoms with van der Waals surface area (Å²) in [7, 11) is 0. The Morgan fingerprint density at radius 1 is 1.06 bits per heavy atom. The third kappa shape index (κ3) is 6.79. The third-order valence-electron chi connectivity index (χ3n) is 5.86. The van der Waals surface area contributed by atoms with Gasteiger partial charge >= 0.3 is 11.9 Å². The van der Waals surface area contributed by atoms with Crippen molar-refractivity contribution in [2.45, 2.75) is 52.4 Å². The lowest BCUT2D eigenvalue weighted by atomic mass is 10.1. The van der Waals surface area contributed by atoms with Gasteiger partial charge in [0.05, 0.1) is 6.61 Å². The van der Waals surface area contributed by atoms with Crippen molar-refractivity contribution < 1.29 is 33.4 Å². The monoisotopic (exact) mass is 489 g/mol. The lowest BCUT2D eigenvalue weighted by Crippen LogP contribution is -2.56. The van der Waals surface area contributed by atoms with Crippen LogP contribution in [0.4, 0.5) is 5.69 Å². The lowest BCUT2D eigenvalue weighted by molar-refractivity contribution is -0.188. The Kier molecular flexibility index (Phi) is 8.50. The van der Waals surface area contributed by atoms with E-state index >= 15 is 0 Å². The van der Waals surface area contributed by atoms with Crippen molar-refractivity contribution in [3.8, 4) is 0 Å². The molecule has 0 spiro atoms. The Bertz CT molecular complexity index is 933. The van der Waals surface area contributed by atoms with Crippen LogP contribution in [0.15, 0.2) is 24.3 Å². The Hall–Kier alpha value is -2.98. The van der Waals surface area contributed by atoms with E-state index in [1.807, 2.05) is 4.90 Å². The summed E-state index contributed by atoms with van der Waals surface area (Å²) in [5.74, 6) is -2.14.